The average Bonchev–Trinajstić information content (AvgIpc) is 2.29. The summed E-state index contributed by atoms with van der Waals surface area (Å²) in [6, 6.07) is 0. The van der Waals surface area contributed by atoms with Gasteiger partial charge in [-0.1, -0.05) is 0 Å². The second kappa shape index (κ2) is 6.36. The van der Waals surface area contributed by atoms with Gasteiger partial charge >= 0.3 is 6.09 Å². The van der Waals surface area contributed by atoms with Crippen molar-refractivity contribution in [3.63, 3.8) is 0 Å². The number of anilines is 1. The van der Waals surface area contributed by atoms with Gasteiger partial charge < -0.3 is 15.0 Å². The Labute approximate surface area is 114 Å². The monoisotopic (exact) mass is 266 g/mol. The predicted molar refractivity (Wildman–Crippen MR) is 74.1 cm³/mol. The lowest BCUT2D eigenvalue weighted by molar-refractivity contribution is 0.0305. The van der Waals surface area contributed by atoms with E-state index in [4.69, 9.17) is 4.74 Å². The lowest BCUT2D eigenvalue weighted by Gasteiger charge is -2.24. The molecule has 0 unspecified atom stereocenters. The second-order valence-electron chi connectivity index (χ2n) is 5.41. The molecule has 0 aliphatic heterocycles. The fraction of sp³-hybridized carbons (Fsp3) is 0.615. The average molecular weight is 266 g/mol. The molecule has 0 radical (unpaired) electrons. The minimum Gasteiger partial charge on any atom is -0.444 e. The molecule has 1 rings (SSSR count). The minimum atomic E-state index is -0.473. The van der Waals surface area contributed by atoms with Gasteiger partial charge in [-0.05, 0) is 33.3 Å². The Bertz CT molecular complexity index is 412. The van der Waals surface area contributed by atoms with Crippen molar-refractivity contribution in [2.24, 2.45) is 0 Å². The zero-order chi connectivity index (χ0) is 14.5. The Hall–Kier alpha value is -1.85. The number of carbonyl (C=O) groups is 1. The molecule has 1 aromatic heterocycles. The molecule has 1 heterocycles. The first kappa shape index (κ1) is 15.2. The molecular weight excluding hydrogens is 244 g/mol. The molecule has 0 aromatic carbocycles. The molecule has 1 aromatic rings. The van der Waals surface area contributed by atoms with E-state index in [0.717, 1.165) is 5.56 Å². The molecule has 6 heteroatoms. The highest BCUT2D eigenvalue weighted by Gasteiger charge is 2.19. The number of ether oxygens (including phenoxy) is 1. The maximum Gasteiger partial charge on any atom is 0.410 e. The second-order valence-corrected chi connectivity index (χ2v) is 5.41. The topological polar surface area (TPSA) is 67.4 Å². The van der Waals surface area contributed by atoms with Crippen molar-refractivity contribution >= 4 is 12.0 Å². The highest BCUT2D eigenvalue weighted by Crippen LogP contribution is 2.08. The van der Waals surface area contributed by atoms with Crippen LogP contribution in [-0.2, 0) is 4.74 Å². The number of hydrogen-bond acceptors (Lipinski definition) is 5. The Morgan fingerprint density at radius 2 is 1.95 bits per heavy atom. The first-order valence-electron chi connectivity index (χ1n) is 6.24. The van der Waals surface area contributed by atoms with Gasteiger partial charge in [0.1, 0.15) is 5.60 Å². The van der Waals surface area contributed by atoms with E-state index in [9.17, 15) is 4.79 Å². The summed E-state index contributed by atoms with van der Waals surface area (Å²) >= 11 is 0. The molecule has 0 saturated heterocycles. The van der Waals surface area contributed by atoms with Crippen molar-refractivity contribution < 1.29 is 9.53 Å². The van der Waals surface area contributed by atoms with Crippen molar-refractivity contribution in [2.75, 3.05) is 25.5 Å². The van der Waals surface area contributed by atoms with Crippen LogP contribution >= 0.6 is 0 Å². The molecule has 1 amide bonds. The fourth-order valence-electron chi connectivity index (χ4n) is 1.25. The molecule has 0 bridgehead atoms. The Morgan fingerprint density at radius 1 is 1.37 bits per heavy atom. The Morgan fingerprint density at radius 3 is 2.47 bits per heavy atom. The summed E-state index contributed by atoms with van der Waals surface area (Å²) in [6.45, 7) is 8.55. The zero-order valence-electron chi connectivity index (χ0n) is 12.2. The summed E-state index contributed by atoms with van der Waals surface area (Å²) in [7, 11) is 1.70. The summed E-state index contributed by atoms with van der Waals surface area (Å²) in [5.41, 5.74) is 0.537. The predicted octanol–water partition coefficient (Wildman–Crippen LogP) is 2.06. The number of amides is 1. The molecule has 0 aliphatic rings. The third-order valence-corrected chi connectivity index (χ3v) is 2.22. The van der Waals surface area contributed by atoms with E-state index in [1.807, 2.05) is 27.7 Å². The molecular formula is C13H22N4O2. The lowest BCUT2D eigenvalue weighted by Crippen LogP contribution is -2.36. The summed E-state index contributed by atoms with van der Waals surface area (Å²) in [6.07, 6.45) is 3.15. The minimum absolute atomic E-state index is 0.334. The van der Waals surface area contributed by atoms with Crippen LogP contribution in [0.4, 0.5) is 10.7 Å². The van der Waals surface area contributed by atoms with E-state index in [1.54, 1.807) is 19.4 Å². The number of nitrogens with zero attached hydrogens (tertiary/aromatic N) is 3. The van der Waals surface area contributed by atoms with Crippen molar-refractivity contribution in [1.29, 1.82) is 0 Å². The highest BCUT2D eigenvalue weighted by molar-refractivity contribution is 5.67. The van der Waals surface area contributed by atoms with Gasteiger partial charge in [-0.25, -0.2) is 14.8 Å². The van der Waals surface area contributed by atoms with Gasteiger partial charge in [0.15, 0.2) is 0 Å². The van der Waals surface area contributed by atoms with E-state index in [2.05, 4.69) is 15.3 Å². The van der Waals surface area contributed by atoms with E-state index in [-0.39, 0.29) is 6.09 Å². The van der Waals surface area contributed by atoms with Gasteiger partial charge in [0.05, 0.1) is 0 Å². The summed E-state index contributed by atoms with van der Waals surface area (Å²) in [4.78, 5) is 21.5. The number of carbonyl (C=O) groups excluding carboxylic acids is 1. The molecule has 0 saturated carbocycles. The maximum absolute atomic E-state index is 11.7. The van der Waals surface area contributed by atoms with Crippen molar-refractivity contribution in [3.8, 4) is 0 Å². The van der Waals surface area contributed by atoms with E-state index in [0.29, 0.717) is 19.0 Å². The van der Waals surface area contributed by atoms with E-state index < -0.39 is 5.60 Å². The standard InChI is InChI=1S/C13H22N4O2/c1-10-8-15-11(16-9-10)14-6-7-17(5)12(18)19-13(2,3)4/h8-9H,6-7H2,1-5H3,(H,14,15,16). The van der Waals surface area contributed by atoms with Crippen LogP contribution in [0.25, 0.3) is 0 Å². The van der Waals surface area contributed by atoms with Crippen LogP contribution < -0.4 is 5.32 Å². The normalized spacial score (nSPS) is 11.0. The summed E-state index contributed by atoms with van der Waals surface area (Å²) in [5, 5.41) is 3.05. The number of aromatic nitrogens is 2. The highest BCUT2D eigenvalue weighted by atomic mass is 16.6. The molecule has 19 heavy (non-hydrogen) atoms. The Kier molecular flexibility index (Phi) is 5.09. The SMILES string of the molecule is Cc1cnc(NCCN(C)C(=O)OC(C)(C)C)nc1. The number of nitrogens with one attached hydrogen (secondary N) is 1. The van der Waals surface area contributed by atoms with Gasteiger partial charge in [0, 0.05) is 32.5 Å². The molecule has 0 aliphatic carbocycles. The van der Waals surface area contributed by atoms with E-state index in [1.165, 1.54) is 4.90 Å². The summed E-state index contributed by atoms with van der Waals surface area (Å²) in [5.74, 6) is 0.559. The van der Waals surface area contributed by atoms with E-state index >= 15 is 0 Å². The van der Waals surface area contributed by atoms with Crippen LogP contribution in [0, 0.1) is 6.92 Å². The summed E-state index contributed by atoms with van der Waals surface area (Å²) < 4.78 is 5.25. The largest absolute Gasteiger partial charge is 0.444 e. The van der Waals surface area contributed by atoms with Crippen LogP contribution in [-0.4, -0.2) is 46.7 Å². The van der Waals surface area contributed by atoms with Crippen LogP contribution in [0.3, 0.4) is 0 Å². The van der Waals surface area contributed by atoms with Crippen LogP contribution in [0.5, 0.6) is 0 Å². The van der Waals surface area contributed by atoms with Crippen molar-refractivity contribution in [1.82, 2.24) is 14.9 Å². The number of aryl methyl sites for hydroxylation is 1. The molecule has 1 N–H and O–H groups in total. The first-order chi connectivity index (χ1) is 8.78. The van der Waals surface area contributed by atoms with Crippen molar-refractivity contribution in [2.45, 2.75) is 33.3 Å². The number of rotatable bonds is 4. The van der Waals surface area contributed by atoms with Crippen LogP contribution in [0.15, 0.2) is 12.4 Å². The molecule has 0 atom stereocenters. The number of likely N-dealkylation sites (N-methyl/N-ethyl adjacent to an activating group) is 1. The zero-order valence-corrected chi connectivity index (χ0v) is 12.2. The van der Waals surface area contributed by atoms with Crippen LogP contribution in [0.2, 0.25) is 0 Å². The molecule has 0 spiro atoms. The third kappa shape index (κ3) is 6.03. The fourth-order valence-corrected chi connectivity index (χ4v) is 1.25. The van der Waals surface area contributed by atoms with Gasteiger partial charge in [-0.3, -0.25) is 0 Å². The van der Waals surface area contributed by atoms with Crippen molar-refractivity contribution in [3.05, 3.63) is 18.0 Å². The van der Waals surface area contributed by atoms with Gasteiger partial charge in [-0.15, -0.1) is 0 Å². The van der Waals surface area contributed by atoms with Crippen LogP contribution in [0.1, 0.15) is 26.3 Å². The molecule has 106 valence electrons. The Balaban J connectivity index is 2.32. The molecule has 6 nitrogen and oxygen atoms in total. The molecule has 0 fully saturated rings. The smallest absolute Gasteiger partial charge is 0.410 e. The number of hydrogen-bond donors (Lipinski definition) is 1. The third-order valence-electron chi connectivity index (χ3n) is 2.22. The van der Waals surface area contributed by atoms with Gasteiger partial charge in [-0.2, -0.15) is 0 Å². The lowest BCUT2D eigenvalue weighted by atomic mass is 10.2. The van der Waals surface area contributed by atoms with Gasteiger partial charge in [0.25, 0.3) is 0 Å². The van der Waals surface area contributed by atoms with Gasteiger partial charge in [0.2, 0.25) is 5.95 Å². The maximum atomic E-state index is 11.7. The quantitative estimate of drug-likeness (QED) is 0.903. The first-order valence-corrected chi connectivity index (χ1v) is 6.24.